The second-order valence-corrected chi connectivity index (χ2v) is 8.60. The molecule has 0 atom stereocenters. The quantitative estimate of drug-likeness (QED) is 0.169. The summed E-state index contributed by atoms with van der Waals surface area (Å²) >= 11 is 4.43. The zero-order valence-electron chi connectivity index (χ0n) is 16.4. The molecule has 0 bridgehead atoms. The van der Waals surface area contributed by atoms with E-state index < -0.39 is 10.1 Å². The van der Waals surface area contributed by atoms with Gasteiger partial charge in [-0.05, 0) is 53.9 Å². The summed E-state index contributed by atoms with van der Waals surface area (Å²) in [5, 5.41) is 28.5. The van der Waals surface area contributed by atoms with Crippen molar-refractivity contribution in [1.82, 2.24) is 0 Å². The number of fused-ring (bicyclic) bond motifs is 1. The van der Waals surface area contributed by atoms with E-state index in [2.05, 4.69) is 33.1 Å². The highest BCUT2D eigenvalue weighted by molar-refractivity contribution is 7.85. The van der Waals surface area contributed by atoms with Crippen LogP contribution in [0.25, 0.3) is 10.8 Å². The molecule has 8 nitrogen and oxygen atoms in total. The number of phenolic OH excluding ortho intramolecular Hbond substituents is 1. The lowest BCUT2D eigenvalue weighted by molar-refractivity contribution is 0.477. The normalized spacial score (nSPS) is 12.2. The first-order chi connectivity index (χ1) is 15.3. The van der Waals surface area contributed by atoms with Crippen molar-refractivity contribution in [2.24, 2.45) is 20.5 Å². The fourth-order valence-electron chi connectivity index (χ4n) is 2.91. The predicted octanol–water partition coefficient (Wildman–Crippen LogP) is 6.91. The summed E-state index contributed by atoms with van der Waals surface area (Å²) in [5.41, 5.74) is 1.76. The van der Waals surface area contributed by atoms with Crippen LogP contribution >= 0.6 is 12.6 Å². The van der Waals surface area contributed by atoms with Crippen LogP contribution in [-0.4, -0.2) is 18.1 Å². The molecule has 2 N–H and O–H groups in total. The molecule has 0 spiro atoms. The second kappa shape index (κ2) is 8.87. The summed E-state index contributed by atoms with van der Waals surface area (Å²) in [6.45, 7) is 0. The summed E-state index contributed by atoms with van der Waals surface area (Å²) < 4.78 is 31.2. The smallest absolute Gasteiger partial charge is 0.294 e. The third-order valence-electron chi connectivity index (χ3n) is 4.51. The van der Waals surface area contributed by atoms with Gasteiger partial charge in [0.2, 0.25) is 0 Å². The van der Waals surface area contributed by atoms with Crippen LogP contribution in [0.5, 0.6) is 5.75 Å². The number of aromatic hydroxyl groups is 1. The van der Waals surface area contributed by atoms with Gasteiger partial charge >= 0.3 is 0 Å². The Bertz CT molecular complexity index is 1470. The molecule has 4 rings (SSSR count). The number of rotatable bonds is 5. The van der Waals surface area contributed by atoms with Crippen molar-refractivity contribution < 1.29 is 18.1 Å². The van der Waals surface area contributed by atoms with E-state index in [-0.39, 0.29) is 10.6 Å². The molecule has 0 radical (unpaired) electrons. The topological polar surface area (TPSA) is 124 Å². The van der Waals surface area contributed by atoms with Gasteiger partial charge in [0.25, 0.3) is 10.1 Å². The van der Waals surface area contributed by atoms with Crippen LogP contribution in [0.3, 0.4) is 0 Å². The molecule has 0 unspecified atom stereocenters. The van der Waals surface area contributed by atoms with Crippen LogP contribution in [0.4, 0.5) is 22.7 Å². The molecule has 0 saturated carbocycles. The fraction of sp³-hybridized carbons (Fsp3) is 0. The van der Waals surface area contributed by atoms with E-state index in [1.54, 1.807) is 24.3 Å². The zero-order chi connectivity index (χ0) is 22.7. The minimum Gasteiger partial charge on any atom is -0.506 e. The van der Waals surface area contributed by atoms with E-state index >= 15 is 0 Å². The molecule has 0 aromatic heterocycles. The lowest BCUT2D eigenvalue weighted by Crippen LogP contribution is -1.96. The van der Waals surface area contributed by atoms with Crippen molar-refractivity contribution in [2.45, 2.75) is 9.79 Å². The minimum atomic E-state index is -4.26. The number of azo groups is 2. The standard InChI is InChI=1S/C22H16N4O4S2/c27-20-12-5-14-3-1-2-4-18(14)22(20)26-25-19-11-8-16(13-21(19)31)24-23-15-6-9-17(10-7-15)32(28,29)30/h1-13,27,31H,(H,28,29,30). The largest absolute Gasteiger partial charge is 0.506 e. The molecule has 0 saturated heterocycles. The molecule has 4 aromatic carbocycles. The highest BCUT2D eigenvalue weighted by Crippen LogP contribution is 2.37. The van der Waals surface area contributed by atoms with Crippen LogP contribution < -0.4 is 0 Å². The molecule has 0 aliphatic rings. The van der Waals surface area contributed by atoms with Crippen LogP contribution in [0.15, 0.2) is 109 Å². The van der Waals surface area contributed by atoms with Gasteiger partial charge in [0, 0.05) is 10.3 Å². The average molecular weight is 465 g/mol. The van der Waals surface area contributed by atoms with Crippen LogP contribution in [0.1, 0.15) is 0 Å². The summed E-state index contributed by atoms with van der Waals surface area (Å²) in [6, 6.07) is 21.2. The molecule has 0 aliphatic heterocycles. The molecule has 160 valence electrons. The maximum absolute atomic E-state index is 11.1. The molecule has 4 aromatic rings. The summed E-state index contributed by atoms with van der Waals surface area (Å²) in [5.74, 6) is 0.0265. The lowest BCUT2D eigenvalue weighted by Gasteiger charge is -2.04. The summed E-state index contributed by atoms with van der Waals surface area (Å²) in [7, 11) is -4.26. The lowest BCUT2D eigenvalue weighted by atomic mass is 10.1. The Kier molecular flexibility index (Phi) is 5.99. The second-order valence-electron chi connectivity index (χ2n) is 6.70. The van der Waals surface area contributed by atoms with Crippen molar-refractivity contribution in [2.75, 3.05) is 0 Å². The first-order valence-corrected chi connectivity index (χ1v) is 11.1. The highest BCUT2D eigenvalue weighted by Gasteiger charge is 2.09. The van der Waals surface area contributed by atoms with Gasteiger partial charge in [-0.3, -0.25) is 4.55 Å². The molecule has 0 fully saturated rings. The van der Waals surface area contributed by atoms with Crippen molar-refractivity contribution >= 4 is 56.3 Å². The fourth-order valence-corrected chi connectivity index (χ4v) is 3.64. The Morgan fingerprint density at radius 3 is 2.16 bits per heavy atom. The number of phenols is 1. The molecule has 0 amide bonds. The zero-order valence-corrected chi connectivity index (χ0v) is 18.1. The minimum absolute atomic E-state index is 0.0265. The SMILES string of the molecule is O=S(=O)(O)c1ccc(N=Nc2ccc(N=Nc3c(O)ccc4ccccc34)c(S)c2)cc1. The van der Waals surface area contributed by atoms with Crippen molar-refractivity contribution in [1.29, 1.82) is 0 Å². The number of hydrogen-bond acceptors (Lipinski definition) is 8. The van der Waals surface area contributed by atoms with Gasteiger partial charge in [-0.1, -0.05) is 30.3 Å². The Hall–Kier alpha value is -3.60. The number of benzene rings is 4. The van der Waals surface area contributed by atoms with Gasteiger partial charge in [0.05, 0.1) is 22.0 Å². The van der Waals surface area contributed by atoms with Gasteiger partial charge in [0.1, 0.15) is 11.4 Å². The molecule has 0 heterocycles. The highest BCUT2D eigenvalue weighted by atomic mass is 32.2. The Morgan fingerprint density at radius 2 is 1.44 bits per heavy atom. The van der Waals surface area contributed by atoms with E-state index in [4.69, 9.17) is 4.55 Å². The van der Waals surface area contributed by atoms with E-state index in [0.717, 1.165) is 10.8 Å². The number of nitrogens with zero attached hydrogens (tertiary/aromatic N) is 4. The maximum atomic E-state index is 11.1. The molecule has 32 heavy (non-hydrogen) atoms. The van der Waals surface area contributed by atoms with Crippen molar-refractivity contribution in [3.8, 4) is 5.75 Å². The Labute approximate surface area is 189 Å². The molecule has 10 heteroatoms. The van der Waals surface area contributed by atoms with E-state index in [1.807, 2.05) is 30.3 Å². The van der Waals surface area contributed by atoms with Gasteiger partial charge in [-0.25, -0.2) is 0 Å². The van der Waals surface area contributed by atoms with Gasteiger partial charge in [-0.15, -0.1) is 22.9 Å². The number of hydrogen-bond donors (Lipinski definition) is 3. The first-order valence-electron chi connectivity index (χ1n) is 9.26. The van der Waals surface area contributed by atoms with Crippen LogP contribution in [0.2, 0.25) is 0 Å². The van der Waals surface area contributed by atoms with Crippen LogP contribution in [0, 0.1) is 0 Å². The van der Waals surface area contributed by atoms with E-state index in [9.17, 15) is 13.5 Å². The Balaban J connectivity index is 1.55. The third kappa shape index (κ3) is 4.83. The third-order valence-corrected chi connectivity index (χ3v) is 5.74. The average Bonchev–Trinajstić information content (AvgIpc) is 2.78. The van der Waals surface area contributed by atoms with E-state index in [0.29, 0.717) is 27.6 Å². The Morgan fingerprint density at radius 1 is 0.750 bits per heavy atom. The van der Waals surface area contributed by atoms with Gasteiger partial charge in [-0.2, -0.15) is 18.6 Å². The summed E-state index contributed by atoms with van der Waals surface area (Å²) in [6.07, 6.45) is 0. The van der Waals surface area contributed by atoms with Gasteiger partial charge in [0.15, 0.2) is 0 Å². The first kappa shape index (κ1) is 21.6. The molecular weight excluding hydrogens is 448 g/mol. The molecule has 0 aliphatic carbocycles. The number of thiol groups is 1. The van der Waals surface area contributed by atoms with E-state index in [1.165, 1.54) is 24.3 Å². The maximum Gasteiger partial charge on any atom is 0.294 e. The monoisotopic (exact) mass is 464 g/mol. The predicted molar refractivity (Wildman–Crippen MR) is 124 cm³/mol. The van der Waals surface area contributed by atoms with Gasteiger partial charge < -0.3 is 5.11 Å². The molecular formula is C22H16N4O4S2. The van der Waals surface area contributed by atoms with Crippen molar-refractivity contribution in [3.05, 3.63) is 78.9 Å². The van der Waals surface area contributed by atoms with Crippen molar-refractivity contribution in [3.63, 3.8) is 0 Å². The van der Waals surface area contributed by atoms with Crippen LogP contribution in [-0.2, 0) is 10.1 Å². The summed E-state index contributed by atoms with van der Waals surface area (Å²) in [4.78, 5) is 0.285.